The van der Waals surface area contributed by atoms with Gasteiger partial charge in [0.15, 0.2) is 0 Å². The minimum Gasteiger partial charge on any atom is -0.481 e. The van der Waals surface area contributed by atoms with Crippen LogP contribution in [-0.4, -0.2) is 34.6 Å². The van der Waals surface area contributed by atoms with Crippen LogP contribution in [-0.2, 0) is 11.2 Å². The van der Waals surface area contributed by atoms with Crippen molar-refractivity contribution in [2.45, 2.75) is 32.7 Å². The number of benzene rings is 1. The van der Waals surface area contributed by atoms with Gasteiger partial charge in [0.05, 0.1) is 18.9 Å². The number of hydrogen-bond acceptors (Lipinski definition) is 3. The summed E-state index contributed by atoms with van der Waals surface area (Å²) in [6, 6.07) is 8.41. The van der Waals surface area contributed by atoms with Crippen LogP contribution in [0.4, 0.5) is 10.5 Å². The second-order valence-electron chi connectivity index (χ2n) is 4.85. The molecule has 1 rings (SSSR count). The molecule has 0 saturated carbocycles. The van der Waals surface area contributed by atoms with E-state index in [9.17, 15) is 9.59 Å². The van der Waals surface area contributed by atoms with Gasteiger partial charge in [0.2, 0.25) is 0 Å². The Kier molecular flexibility index (Phi) is 6.21. The smallest absolute Gasteiger partial charge is 0.322 e. The van der Waals surface area contributed by atoms with Crippen molar-refractivity contribution in [3.63, 3.8) is 0 Å². The fourth-order valence-corrected chi connectivity index (χ4v) is 1.91. The highest BCUT2D eigenvalue weighted by Gasteiger charge is 2.18. The molecule has 1 aromatic carbocycles. The lowest BCUT2D eigenvalue weighted by Crippen LogP contribution is -2.40. The van der Waals surface area contributed by atoms with Gasteiger partial charge in [-0.15, -0.1) is 0 Å². The molecule has 0 heterocycles. The molecule has 6 heteroatoms. The number of rotatable bonds is 6. The lowest BCUT2D eigenvalue weighted by atomic mass is 10.1. The number of urea groups is 1. The van der Waals surface area contributed by atoms with E-state index in [0.29, 0.717) is 17.8 Å². The number of nitrogens with zero attached hydrogens (tertiary/aromatic N) is 2. The third kappa shape index (κ3) is 5.15. The van der Waals surface area contributed by atoms with Gasteiger partial charge in [0.25, 0.3) is 0 Å². The Morgan fingerprint density at radius 3 is 2.62 bits per heavy atom. The van der Waals surface area contributed by atoms with Crippen LogP contribution in [0.5, 0.6) is 0 Å². The van der Waals surface area contributed by atoms with E-state index in [0.717, 1.165) is 0 Å². The number of nitriles is 1. The number of anilines is 1. The van der Waals surface area contributed by atoms with Gasteiger partial charge in [0.1, 0.15) is 0 Å². The molecule has 2 N–H and O–H groups in total. The Hall–Kier alpha value is -2.55. The highest BCUT2D eigenvalue weighted by Crippen LogP contribution is 2.17. The molecule has 0 spiro atoms. The summed E-state index contributed by atoms with van der Waals surface area (Å²) >= 11 is 0. The van der Waals surface area contributed by atoms with Crippen molar-refractivity contribution in [1.29, 1.82) is 5.26 Å². The number of nitrogens with one attached hydrogen (secondary N) is 1. The van der Waals surface area contributed by atoms with E-state index >= 15 is 0 Å². The average Bonchev–Trinajstić information content (AvgIpc) is 2.40. The Morgan fingerprint density at radius 1 is 1.38 bits per heavy atom. The quantitative estimate of drug-likeness (QED) is 0.841. The number of carboxylic acid groups (broad SMARTS) is 1. The molecule has 0 unspecified atom stereocenters. The van der Waals surface area contributed by atoms with E-state index in [-0.39, 0.29) is 24.9 Å². The van der Waals surface area contributed by atoms with Crippen LogP contribution in [0, 0.1) is 11.3 Å². The highest BCUT2D eigenvalue weighted by atomic mass is 16.4. The summed E-state index contributed by atoms with van der Waals surface area (Å²) in [7, 11) is 0. The maximum Gasteiger partial charge on any atom is 0.322 e. The molecular formula is C15H19N3O3. The molecule has 112 valence electrons. The topological polar surface area (TPSA) is 93.4 Å². The number of aliphatic carboxylic acids is 1. The first-order chi connectivity index (χ1) is 9.95. The van der Waals surface area contributed by atoms with Crippen molar-refractivity contribution < 1.29 is 14.7 Å². The number of amides is 2. The summed E-state index contributed by atoms with van der Waals surface area (Å²) in [4.78, 5) is 24.6. The van der Waals surface area contributed by atoms with Crippen LogP contribution in [0.15, 0.2) is 24.3 Å². The largest absolute Gasteiger partial charge is 0.481 e. The Morgan fingerprint density at radius 2 is 2.05 bits per heavy atom. The van der Waals surface area contributed by atoms with Crippen LogP contribution in [0.3, 0.4) is 0 Å². The minimum atomic E-state index is -0.957. The minimum absolute atomic E-state index is 0.0509. The first kappa shape index (κ1) is 16.5. The van der Waals surface area contributed by atoms with Gasteiger partial charge in [-0.3, -0.25) is 4.79 Å². The first-order valence-corrected chi connectivity index (χ1v) is 6.70. The molecule has 6 nitrogen and oxygen atoms in total. The summed E-state index contributed by atoms with van der Waals surface area (Å²) in [6.07, 6.45) is 0.0959. The molecule has 0 saturated heterocycles. The average molecular weight is 289 g/mol. The van der Waals surface area contributed by atoms with Gasteiger partial charge in [-0.1, -0.05) is 18.2 Å². The zero-order valence-electron chi connectivity index (χ0n) is 12.2. The number of carbonyl (C=O) groups excluding carboxylic acids is 1. The van der Waals surface area contributed by atoms with Crippen molar-refractivity contribution in [2.24, 2.45) is 0 Å². The standard InChI is InChI=1S/C15H19N3O3/c1-11(2)18(9-5-8-16)15(21)17-13-7-4-3-6-12(13)10-14(19)20/h3-4,6-7,11H,5,9-10H2,1-2H3,(H,17,21)(H,19,20). The van der Waals surface area contributed by atoms with Gasteiger partial charge in [-0.05, 0) is 25.5 Å². The summed E-state index contributed by atoms with van der Waals surface area (Å²) in [5.41, 5.74) is 1.02. The lowest BCUT2D eigenvalue weighted by Gasteiger charge is -2.26. The van der Waals surface area contributed by atoms with Crippen molar-refractivity contribution in [1.82, 2.24) is 4.90 Å². The Bertz CT molecular complexity index is 549. The van der Waals surface area contributed by atoms with E-state index in [2.05, 4.69) is 5.32 Å². The van der Waals surface area contributed by atoms with Gasteiger partial charge in [0, 0.05) is 18.3 Å². The maximum atomic E-state index is 12.3. The fraction of sp³-hybridized carbons (Fsp3) is 0.400. The Labute approximate surface area is 124 Å². The van der Waals surface area contributed by atoms with Crippen LogP contribution < -0.4 is 5.32 Å². The monoisotopic (exact) mass is 289 g/mol. The SMILES string of the molecule is CC(C)N(CCC#N)C(=O)Nc1ccccc1CC(=O)O. The Balaban J connectivity index is 2.86. The molecule has 1 aromatic rings. The second kappa shape index (κ2) is 7.90. The molecule has 0 atom stereocenters. The van der Waals surface area contributed by atoms with Crippen LogP contribution in [0.1, 0.15) is 25.8 Å². The molecule has 21 heavy (non-hydrogen) atoms. The maximum absolute atomic E-state index is 12.3. The van der Waals surface area contributed by atoms with Crippen molar-refractivity contribution in [3.8, 4) is 6.07 Å². The van der Waals surface area contributed by atoms with Crippen molar-refractivity contribution >= 4 is 17.7 Å². The molecule has 0 radical (unpaired) electrons. The molecule has 0 bridgehead atoms. The fourth-order valence-electron chi connectivity index (χ4n) is 1.91. The van der Waals surface area contributed by atoms with Gasteiger partial charge in [-0.25, -0.2) is 4.79 Å². The normalized spacial score (nSPS) is 10.0. The molecular weight excluding hydrogens is 270 g/mol. The third-order valence-corrected chi connectivity index (χ3v) is 2.95. The molecule has 0 aliphatic carbocycles. The lowest BCUT2D eigenvalue weighted by molar-refractivity contribution is -0.136. The van der Waals surface area contributed by atoms with Gasteiger partial charge in [-0.2, -0.15) is 5.26 Å². The van der Waals surface area contributed by atoms with Gasteiger partial charge < -0.3 is 15.3 Å². The second-order valence-corrected chi connectivity index (χ2v) is 4.85. The molecule has 2 amide bonds. The molecule has 0 fully saturated rings. The molecule has 0 aliphatic heterocycles. The number of hydrogen-bond donors (Lipinski definition) is 2. The van der Waals surface area contributed by atoms with Crippen LogP contribution in [0.2, 0.25) is 0 Å². The van der Waals surface area contributed by atoms with E-state index < -0.39 is 5.97 Å². The van der Waals surface area contributed by atoms with E-state index in [4.69, 9.17) is 10.4 Å². The summed E-state index contributed by atoms with van der Waals surface area (Å²) < 4.78 is 0. The van der Waals surface area contributed by atoms with E-state index in [1.165, 1.54) is 0 Å². The summed E-state index contributed by atoms with van der Waals surface area (Å²) in [5.74, 6) is -0.957. The number of carboxylic acids is 1. The highest BCUT2D eigenvalue weighted by molar-refractivity contribution is 5.91. The van der Waals surface area contributed by atoms with Gasteiger partial charge >= 0.3 is 12.0 Å². The molecule has 0 aliphatic rings. The zero-order chi connectivity index (χ0) is 15.8. The first-order valence-electron chi connectivity index (χ1n) is 6.70. The predicted molar refractivity (Wildman–Crippen MR) is 78.9 cm³/mol. The summed E-state index contributed by atoms with van der Waals surface area (Å²) in [5, 5.41) is 20.2. The van der Waals surface area contributed by atoms with Crippen LogP contribution >= 0.6 is 0 Å². The van der Waals surface area contributed by atoms with E-state index in [1.807, 2.05) is 19.9 Å². The summed E-state index contributed by atoms with van der Waals surface area (Å²) in [6.45, 7) is 4.06. The molecule has 0 aromatic heterocycles. The zero-order valence-corrected chi connectivity index (χ0v) is 12.2. The number of para-hydroxylation sites is 1. The number of carbonyl (C=O) groups is 2. The van der Waals surface area contributed by atoms with Crippen LogP contribution in [0.25, 0.3) is 0 Å². The van der Waals surface area contributed by atoms with E-state index in [1.54, 1.807) is 29.2 Å². The predicted octanol–water partition coefficient (Wildman–Crippen LogP) is 2.47. The van der Waals surface area contributed by atoms with Crippen molar-refractivity contribution in [2.75, 3.05) is 11.9 Å². The van der Waals surface area contributed by atoms with Crippen molar-refractivity contribution in [3.05, 3.63) is 29.8 Å². The third-order valence-electron chi connectivity index (χ3n) is 2.95.